The van der Waals surface area contributed by atoms with Gasteiger partial charge in [0.2, 0.25) is 0 Å². The molecule has 5 heteroatoms. The van der Waals surface area contributed by atoms with Crippen molar-refractivity contribution in [1.82, 2.24) is 10.6 Å². The van der Waals surface area contributed by atoms with E-state index in [0.717, 1.165) is 18.4 Å². The molecular weight excluding hydrogens is 340 g/mol. The monoisotopic (exact) mass is 366 g/mol. The van der Waals surface area contributed by atoms with Crippen molar-refractivity contribution in [2.45, 2.75) is 51.3 Å². The number of hydrogen-bond donors (Lipinski definition) is 2. The van der Waals surface area contributed by atoms with Crippen molar-refractivity contribution < 1.29 is 14.3 Å². The molecule has 27 heavy (non-hydrogen) atoms. The zero-order valence-electron chi connectivity index (χ0n) is 16.0. The smallest absolute Gasteiger partial charge is 0.408 e. The van der Waals surface area contributed by atoms with Crippen LogP contribution in [0.1, 0.15) is 54.7 Å². The molecular formula is C22H26N2O3. The number of carbonyl (C=O) groups excluding carboxylic acids is 2. The average molecular weight is 366 g/mol. The van der Waals surface area contributed by atoms with E-state index in [2.05, 4.69) is 16.7 Å². The largest absolute Gasteiger partial charge is 0.444 e. The van der Waals surface area contributed by atoms with Crippen LogP contribution in [0.25, 0.3) is 0 Å². The van der Waals surface area contributed by atoms with E-state index in [1.54, 1.807) is 12.1 Å². The second-order valence-electron chi connectivity index (χ2n) is 7.81. The van der Waals surface area contributed by atoms with Gasteiger partial charge in [-0.25, -0.2) is 4.79 Å². The first kappa shape index (κ1) is 19.0. The van der Waals surface area contributed by atoms with Crippen LogP contribution in [-0.4, -0.2) is 23.6 Å². The fourth-order valence-corrected chi connectivity index (χ4v) is 3.37. The molecule has 1 aliphatic carbocycles. The van der Waals surface area contributed by atoms with E-state index in [1.807, 2.05) is 57.2 Å². The summed E-state index contributed by atoms with van der Waals surface area (Å²) in [5.41, 5.74) is 2.23. The van der Waals surface area contributed by atoms with E-state index in [1.165, 1.54) is 5.56 Å². The lowest BCUT2D eigenvalue weighted by molar-refractivity contribution is 0.0483. The maximum Gasteiger partial charge on any atom is 0.408 e. The highest BCUT2D eigenvalue weighted by molar-refractivity contribution is 5.94. The summed E-state index contributed by atoms with van der Waals surface area (Å²) in [6.07, 6.45) is 1.11. The molecule has 0 bridgehead atoms. The average Bonchev–Trinajstić information content (AvgIpc) is 2.63. The number of carbonyl (C=O) groups is 2. The molecule has 0 aromatic heterocycles. The summed E-state index contributed by atoms with van der Waals surface area (Å²) in [6, 6.07) is 16.6. The quantitative estimate of drug-likeness (QED) is 0.863. The molecule has 0 saturated heterocycles. The SMILES string of the molecule is CC(C)(C)OC(=O)N[C@H]1c2ccccc2CC[C@@H]1NC(=O)c1ccccc1. The molecule has 2 amide bonds. The Hall–Kier alpha value is -2.82. The Balaban J connectivity index is 1.81. The summed E-state index contributed by atoms with van der Waals surface area (Å²) >= 11 is 0. The van der Waals surface area contributed by atoms with Crippen LogP contribution in [0.2, 0.25) is 0 Å². The van der Waals surface area contributed by atoms with Gasteiger partial charge in [0.1, 0.15) is 5.60 Å². The third kappa shape index (κ3) is 4.88. The molecule has 0 heterocycles. The van der Waals surface area contributed by atoms with Crippen LogP contribution in [-0.2, 0) is 11.2 Å². The Morgan fingerprint density at radius 3 is 2.33 bits per heavy atom. The van der Waals surface area contributed by atoms with Gasteiger partial charge in [-0.2, -0.15) is 0 Å². The van der Waals surface area contributed by atoms with Gasteiger partial charge in [0, 0.05) is 5.56 Å². The van der Waals surface area contributed by atoms with Gasteiger partial charge >= 0.3 is 6.09 Å². The summed E-state index contributed by atoms with van der Waals surface area (Å²) in [7, 11) is 0. The van der Waals surface area contributed by atoms with Crippen LogP contribution in [0.3, 0.4) is 0 Å². The minimum atomic E-state index is -0.582. The Morgan fingerprint density at radius 2 is 1.63 bits per heavy atom. The first-order valence-electron chi connectivity index (χ1n) is 9.27. The van der Waals surface area contributed by atoms with Gasteiger partial charge in [-0.1, -0.05) is 42.5 Å². The molecule has 0 saturated carbocycles. The van der Waals surface area contributed by atoms with Gasteiger partial charge in [0.15, 0.2) is 0 Å². The lowest BCUT2D eigenvalue weighted by Crippen LogP contribution is -2.49. The number of fused-ring (bicyclic) bond motifs is 1. The van der Waals surface area contributed by atoms with E-state index in [4.69, 9.17) is 4.74 Å². The minimum absolute atomic E-state index is 0.143. The molecule has 2 N–H and O–H groups in total. The van der Waals surface area contributed by atoms with Crippen molar-refractivity contribution in [1.29, 1.82) is 0 Å². The lowest BCUT2D eigenvalue weighted by Gasteiger charge is -2.35. The van der Waals surface area contributed by atoms with Crippen LogP contribution in [0.15, 0.2) is 54.6 Å². The molecule has 2 atom stereocenters. The van der Waals surface area contributed by atoms with Crippen molar-refractivity contribution in [2.75, 3.05) is 0 Å². The summed E-state index contributed by atoms with van der Waals surface area (Å²) in [5.74, 6) is -0.143. The van der Waals surface area contributed by atoms with Crippen LogP contribution < -0.4 is 10.6 Å². The molecule has 0 unspecified atom stereocenters. The third-order valence-electron chi connectivity index (χ3n) is 4.54. The fraction of sp³-hybridized carbons (Fsp3) is 0.364. The minimum Gasteiger partial charge on any atom is -0.444 e. The molecule has 0 radical (unpaired) electrons. The first-order valence-corrected chi connectivity index (χ1v) is 9.27. The van der Waals surface area contributed by atoms with Gasteiger partial charge in [0.05, 0.1) is 12.1 Å². The predicted molar refractivity (Wildman–Crippen MR) is 105 cm³/mol. The molecule has 0 aliphatic heterocycles. The zero-order valence-corrected chi connectivity index (χ0v) is 16.0. The summed E-state index contributed by atoms with van der Waals surface area (Å²) < 4.78 is 5.43. The fourth-order valence-electron chi connectivity index (χ4n) is 3.37. The van der Waals surface area contributed by atoms with E-state index in [9.17, 15) is 9.59 Å². The number of ether oxygens (including phenoxy) is 1. The maximum absolute atomic E-state index is 12.6. The van der Waals surface area contributed by atoms with E-state index in [-0.39, 0.29) is 18.0 Å². The molecule has 5 nitrogen and oxygen atoms in total. The van der Waals surface area contributed by atoms with Crippen molar-refractivity contribution in [3.63, 3.8) is 0 Å². The maximum atomic E-state index is 12.6. The van der Waals surface area contributed by atoms with Gasteiger partial charge in [-0.15, -0.1) is 0 Å². The van der Waals surface area contributed by atoms with Crippen molar-refractivity contribution in [3.8, 4) is 0 Å². The summed E-state index contributed by atoms with van der Waals surface area (Å²) in [6.45, 7) is 5.49. The molecule has 2 aromatic carbocycles. The highest BCUT2D eigenvalue weighted by Crippen LogP contribution is 2.30. The Kier molecular flexibility index (Phi) is 5.49. The number of nitrogens with one attached hydrogen (secondary N) is 2. The van der Waals surface area contributed by atoms with Crippen LogP contribution >= 0.6 is 0 Å². The van der Waals surface area contributed by atoms with Gasteiger partial charge < -0.3 is 15.4 Å². The molecule has 1 aliphatic rings. The number of rotatable bonds is 3. The number of amides is 2. The summed E-state index contributed by atoms with van der Waals surface area (Å²) in [4.78, 5) is 25.0. The Bertz CT molecular complexity index is 812. The predicted octanol–water partition coefficient (Wildman–Crippen LogP) is 4.00. The Morgan fingerprint density at radius 1 is 0.963 bits per heavy atom. The highest BCUT2D eigenvalue weighted by Gasteiger charge is 2.33. The third-order valence-corrected chi connectivity index (χ3v) is 4.54. The van der Waals surface area contributed by atoms with Crippen LogP contribution in [0.5, 0.6) is 0 Å². The lowest BCUT2D eigenvalue weighted by atomic mass is 9.84. The number of alkyl carbamates (subject to hydrolysis) is 1. The zero-order chi connectivity index (χ0) is 19.4. The highest BCUT2D eigenvalue weighted by atomic mass is 16.6. The molecule has 3 rings (SSSR count). The first-order chi connectivity index (χ1) is 12.8. The van der Waals surface area contributed by atoms with E-state index in [0.29, 0.717) is 5.56 Å². The second-order valence-corrected chi connectivity index (χ2v) is 7.81. The molecule has 0 spiro atoms. The molecule has 2 aromatic rings. The van der Waals surface area contributed by atoms with Crippen molar-refractivity contribution in [2.24, 2.45) is 0 Å². The van der Waals surface area contributed by atoms with Gasteiger partial charge in [0.25, 0.3) is 5.91 Å². The normalized spacial score (nSPS) is 18.9. The van der Waals surface area contributed by atoms with E-state index < -0.39 is 11.7 Å². The van der Waals surface area contributed by atoms with Crippen molar-refractivity contribution in [3.05, 3.63) is 71.3 Å². The Labute approximate surface area is 160 Å². The molecule has 0 fully saturated rings. The summed E-state index contributed by atoms with van der Waals surface area (Å²) in [5, 5.41) is 6.05. The number of benzene rings is 2. The van der Waals surface area contributed by atoms with Gasteiger partial charge in [-0.3, -0.25) is 4.79 Å². The van der Waals surface area contributed by atoms with Crippen LogP contribution in [0, 0.1) is 0 Å². The topological polar surface area (TPSA) is 67.4 Å². The second kappa shape index (κ2) is 7.82. The van der Waals surface area contributed by atoms with E-state index >= 15 is 0 Å². The van der Waals surface area contributed by atoms with Crippen LogP contribution in [0.4, 0.5) is 4.79 Å². The van der Waals surface area contributed by atoms with Gasteiger partial charge in [-0.05, 0) is 56.9 Å². The molecule has 142 valence electrons. The standard InChI is InChI=1S/C22H26N2O3/c1-22(2,3)27-21(26)24-19-17-12-8-7-9-15(17)13-14-18(19)23-20(25)16-10-5-4-6-11-16/h4-12,18-19H,13-14H2,1-3H3,(H,23,25)(H,24,26)/t18-,19-/m0/s1. The number of hydrogen-bond acceptors (Lipinski definition) is 3. The van der Waals surface area contributed by atoms with Crippen molar-refractivity contribution >= 4 is 12.0 Å². The number of aryl methyl sites for hydroxylation is 1.